The fourth-order valence-corrected chi connectivity index (χ4v) is 3.53. The first-order valence-electron chi connectivity index (χ1n) is 8.84. The standard InChI is InChI=1S/C21H27NO3/c1-16-5-3-7-18(13-16)21(24)9-11-22(12-10-21)15-20(23)17-6-4-8-19(14-17)25-2/h3-8,13-14,20,23-24H,9-12,15H2,1-2H3. The van der Waals surface area contributed by atoms with Crippen LogP contribution in [0.1, 0.15) is 35.6 Å². The van der Waals surface area contributed by atoms with Crippen LogP contribution in [-0.4, -0.2) is 41.9 Å². The van der Waals surface area contributed by atoms with Crippen LogP contribution in [0.15, 0.2) is 48.5 Å². The maximum atomic E-state index is 11.0. The normalized spacial score (nSPS) is 18.7. The number of hydrogen-bond acceptors (Lipinski definition) is 4. The average molecular weight is 341 g/mol. The molecule has 3 rings (SSSR count). The Morgan fingerprint density at radius 2 is 1.84 bits per heavy atom. The third kappa shape index (κ3) is 4.21. The maximum absolute atomic E-state index is 11.0. The minimum atomic E-state index is -0.760. The molecule has 0 saturated carbocycles. The lowest BCUT2D eigenvalue weighted by Crippen LogP contribution is -2.44. The SMILES string of the molecule is COc1cccc(C(O)CN2CCC(O)(c3cccc(C)c3)CC2)c1. The Bertz CT molecular complexity index is 708. The first kappa shape index (κ1) is 17.9. The van der Waals surface area contributed by atoms with E-state index in [2.05, 4.69) is 11.0 Å². The lowest BCUT2D eigenvalue weighted by atomic mass is 9.84. The molecule has 2 aromatic rings. The highest BCUT2D eigenvalue weighted by Crippen LogP contribution is 2.33. The molecule has 134 valence electrons. The van der Waals surface area contributed by atoms with Crippen molar-refractivity contribution in [3.05, 3.63) is 65.2 Å². The van der Waals surface area contributed by atoms with Crippen LogP contribution in [0.25, 0.3) is 0 Å². The Morgan fingerprint density at radius 3 is 2.52 bits per heavy atom. The van der Waals surface area contributed by atoms with Gasteiger partial charge in [-0.15, -0.1) is 0 Å². The molecule has 1 atom stereocenters. The summed E-state index contributed by atoms with van der Waals surface area (Å²) >= 11 is 0. The van der Waals surface area contributed by atoms with E-state index in [1.807, 2.05) is 49.4 Å². The number of benzene rings is 2. The second-order valence-corrected chi connectivity index (χ2v) is 6.99. The lowest BCUT2D eigenvalue weighted by Gasteiger charge is -2.39. The number of rotatable bonds is 5. The molecule has 1 fully saturated rings. The molecule has 4 nitrogen and oxygen atoms in total. The van der Waals surface area contributed by atoms with Crippen molar-refractivity contribution in [2.75, 3.05) is 26.7 Å². The third-order valence-corrected chi connectivity index (χ3v) is 5.15. The maximum Gasteiger partial charge on any atom is 0.119 e. The van der Waals surface area contributed by atoms with Gasteiger partial charge in [-0.1, -0.05) is 42.0 Å². The van der Waals surface area contributed by atoms with Gasteiger partial charge in [0.2, 0.25) is 0 Å². The summed E-state index contributed by atoms with van der Waals surface area (Å²) in [7, 11) is 1.63. The van der Waals surface area contributed by atoms with Gasteiger partial charge in [0.05, 0.1) is 18.8 Å². The Hall–Kier alpha value is -1.88. The van der Waals surface area contributed by atoms with E-state index in [9.17, 15) is 10.2 Å². The average Bonchev–Trinajstić information content (AvgIpc) is 2.64. The zero-order valence-electron chi connectivity index (χ0n) is 15.0. The predicted octanol–water partition coefficient (Wildman–Crippen LogP) is 3.02. The monoisotopic (exact) mass is 341 g/mol. The van der Waals surface area contributed by atoms with Crippen molar-refractivity contribution in [2.45, 2.75) is 31.5 Å². The van der Waals surface area contributed by atoms with Gasteiger partial charge in [0.25, 0.3) is 0 Å². The smallest absolute Gasteiger partial charge is 0.119 e. The Labute approximate surface area is 149 Å². The first-order valence-corrected chi connectivity index (χ1v) is 8.84. The van der Waals surface area contributed by atoms with E-state index in [0.717, 1.165) is 30.0 Å². The number of aliphatic hydroxyl groups is 2. The van der Waals surface area contributed by atoms with Gasteiger partial charge >= 0.3 is 0 Å². The van der Waals surface area contributed by atoms with Crippen LogP contribution in [0.5, 0.6) is 5.75 Å². The molecule has 1 heterocycles. The highest BCUT2D eigenvalue weighted by atomic mass is 16.5. The van der Waals surface area contributed by atoms with Crippen LogP contribution in [0.2, 0.25) is 0 Å². The Kier molecular flexibility index (Phi) is 5.42. The molecule has 0 spiro atoms. The summed E-state index contributed by atoms with van der Waals surface area (Å²) in [6.07, 6.45) is 0.808. The van der Waals surface area contributed by atoms with E-state index >= 15 is 0 Å². The van der Waals surface area contributed by atoms with Crippen molar-refractivity contribution in [1.82, 2.24) is 4.90 Å². The first-order chi connectivity index (χ1) is 12.0. The van der Waals surface area contributed by atoms with Crippen LogP contribution < -0.4 is 4.74 Å². The van der Waals surface area contributed by atoms with Gasteiger partial charge < -0.3 is 19.8 Å². The summed E-state index contributed by atoms with van der Waals surface area (Å²) in [6, 6.07) is 15.7. The van der Waals surface area contributed by atoms with E-state index < -0.39 is 11.7 Å². The van der Waals surface area contributed by atoms with Gasteiger partial charge in [-0.3, -0.25) is 0 Å². The van der Waals surface area contributed by atoms with E-state index in [0.29, 0.717) is 19.4 Å². The molecule has 0 aromatic heterocycles. The second-order valence-electron chi connectivity index (χ2n) is 6.99. The molecule has 0 radical (unpaired) electrons. The number of likely N-dealkylation sites (tertiary alicyclic amines) is 1. The number of ether oxygens (including phenoxy) is 1. The molecule has 1 aliphatic heterocycles. The Balaban J connectivity index is 1.60. The van der Waals surface area contributed by atoms with Gasteiger partial charge in [-0.25, -0.2) is 0 Å². The molecule has 1 aliphatic rings. The molecule has 0 bridgehead atoms. The van der Waals surface area contributed by atoms with Crippen molar-refractivity contribution in [2.24, 2.45) is 0 Å². The van der Waals surface area contributed by atoms with Crippen LogP contribution >= 0.6 is 0 Å². The number of β-amino-alcohol motifs (C(OH)–C–C–N with tert-alkyl or cyclic N) is 1. The van der Waals surface area contributed by atoms with Crippen molar-refractivity contribution < 1.29 is 14.9 Å². The predicted molar refractivity (Wildman–Crippen MR) is 98.7 cm³/mol. The van der Waals surface area contributed by atoms with Crippen molar-refractivity contribution in [3.63, 3.8) is 0 Å². The highest BCUT2D eigenvalue weighted by Gasteiger charge is 2.34. The molecule has 0 aliphatic carbocycles. The van der Waals surface area contributed by atoms with E-state index in [1.54, 1.807) is 7.11 Å². The van der Waals surface area contributed by atoms with E-state index in [1.165, 1.54) is 5.56 Å². The highest BCUT2D eigenvalue weighted by molar-refractivity contribution is 5.30. The van der Waals surface area contributed by atoms with Gasteiger partial charge in [-0.2, -0.15) is 0 Å². The van der Waals surface area contributed by atoms with Gasteiger partial charge in [0, 0.05) is 19.6 Å². The van der Waals surface area contributed by atoms with Crippen molar-refractivity contribution >= 4 is 0 Å². The van der Waals surface area contributed by atoms with Gasteiger partial charge in [0.1, 0.15) is 5.75 Å². The summed E-state index contributed by atoms with van der Waals surface area (Å²) in [5, 5.41) is 21.5. The molecule has 25 heavy (non-hydrogen) atoms. The van der Waals surface area contributed by atoms with E-state index in [4.69, 9.17) is 4.74 Å². The molecule has 2 N–H and O–H groups in total. The van der Waals surface area contributed by atoms with Crippen LogP contribution in [0.3, 0.4) is 0 Å². The molecule has 2 aromatic carbocycles. The Morgan fingerprint density at radius 1 is 1.12 bits per heavy atom. The van der Waals surface area contributed by atoms with Gasteiger partial charge in [0.15, 0.2) is 0 Å². The van der Waals surface area contributed by atoms with Crippen LogP contribution in [0.4, 0.5) is 0 Å². The quantitative estimate of drug-likeness (QED) is 0.878. The fraction of sp³-hybridized carbons (Fsp3) is 0.429. The molecule has 0 amide bonds. The molecular formula is C21H27NO3. The third-order valence-electron chi connectivity index (χ3n) is 5.15. The lowest BCUT2D eigenvalue weighted by molar-refractivity contribution is -0.0345. The molecule has 1 saturated heterocycles. The number of piperidine rings is 1. The number of methoxy groups -OCH3 is 1. The zero-order chi connectivity index (χ0) is 17.9. The number of nitrogens with zero attached hydrogens (tertiary/aromatic N) is 1. The summed E-state index contributed by atoms with van der Waals surface area (Å²) in [4.78, 5) is 2.22. The summed E-state index contributed by atoms with van der Waals surface area (Å²) in [5.74, 6) is 0.754. The van der Waals surface area contributed by atoms with Crippen LogP contribution in [0, 0.1) is 6.92 Å². The van der Waals surface area contributed by atoms with Crippen LogP contribution in [-0.2, 0) is 5.60 Å². The number of hydrogen-bond donors (Lipinski definition) is 2. The molecule has 1 unspecified atom stereocenters. The minimum absolute atomic E-state index is 0.555. The summed E-state index contributed by atoms with van der Waals surface area (Å²) < 4.78 is 5.22. The van der Waals surface area contributed by atoms with Crippen molar-refractivity contribution in [1.29, 1.82) is 0 Å². The topological polar surface area (TPSA) is 52.9 Å². The zero-order valence-corrected chi connectivity index (χ0v) is 15.0. The fourth-order valence-electron chi connectivity index (χ4n) is 3.53. The summed E-state index contributed by atoms with van der Waals surface area (Å²) in [5.41, 5.74) is 2.27. The second kappa shape index (κ2) is 7.56. The number of aliphatic hydroxyl groups excluding tert-OH is 1. The van der Waals surface area contributed by atoms with Crippen molar-refractivity contribution in [3.8, 4) is 5.75 Å². The van der Waals surface area contributed by atoms with E-state index in [-0.39, 0.29) is 0 Å². The number of aryl methyl sites for hydroxylation is 1. The summed E-state index contributed by atoms with van der Waals surface area (Å²) in [6.45, 7) is 4.15. The molecule has 4 heteroatoms. The van der Waals surface area contributed by atoms with Gasteiger partial charge in [-0.05, 0) is 43.0 Å². The minimum Gasteiger partial charge on any atom is -0.497 e. The molecular weight excluding hydrogens is 314 g/mol. The largest absolute Gasteiger partial charge is 0.497 e.